The van der Waals surface area contributed by atoms with E-state index < -0.39 is 33.9 Å². The first kappa shape index (κ1) is 27.5. The number of rotatable bonds is 10. The summed E-state index contributed by atoms with van der Waals surface area (Å²) in [6.45, 7) is 1.61. The van der Waals surface area contributed by atoms with Crippen molar-refractivity contribution < 1.29 is 27.5 Å². The Labute approximate surface area is 214 Å². The largest absolute Gasteiger partial charge is 0.378 e. The highest BCUT2D eigenvalue weighted by atomic mass is 35.5. The van der Waals surface area contributed by atoms with Gasteiger partial charge in [-0.05, 0) is 25.0 Å². The minimum absolute atomic E-state index is 0.151. The van der Waals surface area contributed by atoms with Gasteiger partial charge in [0.15, 0.2) is 0 Å². The van der Waals surface area contributed by atoms with Crippen molar-refractivity contribution in [3.8, 4) is 0 Å². The summed E-state index contributed by atoms with van der Waals surface area (Å²) < 4.78 is 33.6. The van der Waals surface area contributed by atoms with Crippen molar-refractivity contribution >= 4 is 57.0 Å². The van der Waals surface area contributed by atoms with Crippen molar-refractivity contribution in [1.82, 2.24) is 19.4 Å². The third kappa shape index (κ3) is 7.97. The molecule has 11 nitrogen and oxygen atoms in total. The fraction of sp³-hybridized carbons (Fsp3) is 0.619. The van der Waals surface area contributed by atoms with E-state index in [9.17, 15) is 22.8 Å². The zero-order chi connectivity index (χ0) is 25.6. The maximum atomic E-state index is 13.3. The van der Waals surface area contributed by atoms with Gasteiger partial charge in [-0.15, -0.1) is 11.3 Å². The molecule has 3 heterocycles. The number of morpholine rings is 1. The Morgan fingerprint density at radius 2 is 2.03 bits per heavy atom. The molecule has 0 radical (unpaired) electrons. The molecular formula is C21H30ClN5O6S2. The number of halogens is 1. The second-order valence-corrected chi connectivity index (χ2v) is 12.2. The number of carbonyl (C=O) groups excluding carboxylic acids is 3. The van der Waals surface area contributed by atoms with Crippen LogP contribution in [0.3, 0.4) is 0 Å². The lowest BCUT2D eigenvalue weighted by Crippen LogP contribution is -2.54. The normalized spacial score (nSPS) is 20.0. The standard InChI is InChI=1S/C21H30ClN5O6S2/c1-25(2)14-23-19(28)13-17(21(30)26-8-10-33-11-9-26)27-7-5-16(20(27)29)24-35(31,32)12-6-15-3-4-18(22)34-15/h3-4,14,16-17,24H,5-13H2,1-2H3/t16-,17-/m0/s1. The van der Waals surface area contributed by atoms with Crippen LogP contribution in [0.15, 0.2) is 17.1 Å². The molecule has 1 aromatic heterocycles. The third-order valence-electron chi connectivity index (χ3n) is 5.59. The number of nitrogens with one attached hydrogen (secondary N) is 1. The van der Waals surface area contributed by atoms with Crippen LogP contribution in [-0.4, -0.2) is 112 Å². The molecule has 2 atom stereocenters. The molecule has 2 fully saturated rings. The lowest BCUT2D eigenvalue weighted by Gasteiger charge is -2.34. The van der Waals surface area contributed by atoms with Gasteiger partial charge in [-0.3, -0.25) is 14.4 Å². The van der Waals surface area contributed by atoms with Crippen LogP contribution in [-0.2, 0) is 35.6 Å². The molecule has 2 aliphatic rings. The Hall–Kier alpha value is -2.06. The lowest BCUT2D eigenvalue weighted by molar-refractivity contribution is -0.148. The molecule has 0 unspecified atom stereocenters. The number of sulfonamides is 1. The molecule has 2 saturated heterocycles. The van der Waals surface area contributed by atoms with Crippen LogP contribution < -0.4 is 4.72 Å². The van der Waals surface area contributed by atoms with Crippen LogP contribution in [0.2, 0.25) is 4.34 Å². The highest BCUT2D eigenvalue weighted by Crippen LogP contribution is 2.23. The van der Waals surface area contributed by atoms with Crippen molar-refractivity contribution in [3.63, 3.8) is 0 Å². The third-order valence-corrected chi connectivity index (χ3v) is 8.27. The van der Waals surface area contributed by atoms with Gasteiger partial charge in [0.05, 0.1) is 36.1 Å². The number of aryl methyl sites for hydroxylation is 1. The molecular weight excluding hydrogens is 518 g/mol. The first-order chi connectivity index (χ1) is 16.6. The Bertz CT molecular complexity index is 1050. The predicted molar refractivity (Wildman–Crippen MR) is 133 cm³/mol. The minimum atomic E-state index is -3.76. The van der Waals surface area contributed by atoms with E-state index in [0.29, 0.717) is 30.6 Å². The Balaban J connectivity index is 1.68. The maximum Gasteiger partial charge on any atom is 0.249 e. The van der Waals surface area contributed by atoms with Crippen LogP contribution in [0.25, 0.3) is 0 Å². The Morgan fingerprint density at radius 1 is 1.31 bits per heavy atom. The van der Waals surface area contributed by atoms with Crippen molar-refractivity contribution in [3.05, 3.63) is 21.3 Å². The topological polar surface area (TPSA) is 129 Å². The molecule has 194 valence electrons. The molecule has 1 aromatic rings. The second-order valence-electron chi connectivity index (χ2n) is 8.52. The summed E-state index contributed by atoms with van der Waals surface area (Å²) in [4.78, 5) is 48.0. The minimum Gasteiger partial charge on any atom is -0.378 e. The van der Waals surface area contributed by atoms with E-state index in [0.717, 1.165) is 4.88 Å². The summed E-state index contributed by atoms with van der Waals surface area (Å²) in [5.74, 6) is -1.63. The van der Waals surface area contributed by atoms with Gasteiger partial charge in [-0.25, -0.2) is 18.1 Å². The average molecular weight is 548 g/mol. The number of likely N-dealkylation sites (tertiary alicyclic amines) is 1. The zero-order valence-electron chi connectivity index (χ0n) is 19.7. The van der Waals surface area contributed by atoms with Gasteiger partial charge in [-0.2, -0.15) is 0 Å². The molecule has 0 bridgehead atoms. The van der Waals surface area contributed by atoms with Crippen LogP contribution in [0.1, 0.15) is 17.7 Å². The molecule has 0 aromatic carbocycles. The van der Waals surface area contributed by atoms with Gasteiger partial charge in [0.1, 0.15) is 12.1 Å². The van der Waals surface area contributed by atoms with E-state index in [-0.39, 0.29) is 37.5 Å². The van der Waals surface area contributed by atoms with Gasteiger partial charge in [0, 0.05) is 38.6 Å². The smallest absolute Gasteiger partial charge is 0.249 e. The molecule has 3 rings (SSSR count). The Kier molecular flexibility index (Phi) is 9.64. The number of hydrogen-bond acceptors (Lipinski definition) is 7. The summed E-state index contributed by atoms with van der Waals surface area (Å²) in [7, 11) is -0.341. The molecule has 1 N–H and O–H groups in total. The van der Waals surface area contributed by atoms with E-state index in [1.165, 1.54) is 22.6 Å². The monoisotopic (exact) mass is 547 g/mol. The highest BCUT2D eigenvalue weighted by molar-refractivity contribution is 7.89. The van der Waals surface area contributed by atoms with Crippen LogP contribution in [0.5, 0.6) is 0 Å². The summed E-state index contributed by atoms with van der Waals surface area (Å²) >= 11 is 7.20. The van der Waals surface area contributed by atoms with E-state index in [4.69, 9.17) is 16.3 Å². The molecule has 14 heteroatoms. The summed E-state index contributed by atoms with van der Waals surface area (Å²) in [5, 5.41) is 0. The van der Waals surface area contributed by atoms with Gasteiger partial charge >= 0.3 is 0 Å². The fourth-order valence-electron chi connectivity index (χ4n) is 3.84. The van der Waals surface area contributed by atoms with Crippen molar-refractivity contribution in [2.75, 3.05) is 52.7 Å². The first-order valence-corrected chi connectivity index (χ1v) is 14.0. The van der Waals surface area contributed by atoms with Crippen LogP contribution in [0.4, 0.5) is 0 Å². The number of aliphatic imine (C=N–C) groups is 1. The van der Waals surface area contributed by atoms with Gasteiger partial charge in [-0.1, -0.05) is 11.6 Å². The number of hydrogen-bond donors (Lipinski definition) is 1. The van der Waals surface area contributed by atoms with Crippen molar-refractivity contribution in [2.45, 2.75) is 31.3 Å². The van der Waals surface area contributed by atoms with Crippen molar-refractivity contribution in [2.24, 2.45) is 4.99 Å². The van der Waals surface area contributed by atoms with E-state index in [1.54, 1.807) is 36.0 Å². The second kappa shape index (κ2) is 12.3. The molecule has 0 aliphatic carbocycles. The zero-order valence-corrected chi connectivity index (χ0v) is 22.1. The summed E-state index contributed by atoms with van der Waals surface area (Å²) in [6.07, 6.45) is 1.52. The van der Waals surface area contributed by atoms with E-state index >= 15 is 0 Å². The number of ether oxygens (including phenoxy) is 1. The summed E-state index contributed by atoms with van der Waals surface area (Å²) in [5.41, 5.74) is 0. The maximum absolute atomic E-state index is 13.3. The van der Waals surface area contributed by atoms with E-state index in [2.05, 4.69) is 9.71 Å². The number of carbonyl (C=O) groups is 3. The molecule has 0 spiro atoms. The Morgan fingerprint density at radius 3 is 2.66 bits per heavy atom. The predicted octanol–water partition coefficient (Wildman–Crippen LogP) is 0.198. The lowest BCUT2D eigenvalue weighted by atomic mass is 10.1. The SMILES string of the molecule is CN(C)C=NC(=O)C[C@@H](C(=O)N1CCOCC1)N1CC[C@H](NS(=O)(=O)CCc2ccc(Cl)s2)C1=O. The van der Waals surface area contributed by atoms with Gasteiger partial charge in [0.25, 0.3) is 0 Å². The fourth-order valence-corrected chi connectivity index (χ4v) is 6.32. The molecule has 35 heavy (non-hydrogen) atoms. The molecule has 2 aliphatic heterocycles. The molecule has 0 saturated carbocycles. The highest BCUT2D eigenvalue weighted by Gasteiger charge is 2.42. The number of amides is 3. The summed E-state index contributed by atoms with van der Waals surface area (Å²) in [6, 6.07) is 1.42. The van der Waals surface area contributed by atoms with Crippen molar-refractivity contribution in [1.29, 1.82) is 0 Å². The average Bonchev–Trinajstić information content (AvgIpc) is 3.40. The van der Waals surface area contributed by atoms with E-state index in [1.807, 2.05) is 0 Å². The number of thiophene rings is 1. The van der Waals surface area contributed by atoms with Crippen LogP contribution >= 0.6 is 22.9 Å². The van der Waals surface area contributed by atoms with Gasteiger partial charge in [0.2, 0.25) is 27.7 Å². The van der Waals surface area contributed by atoms with Gasteiger partial charge < -0.3 is 19.4 Å². The quantitative estimate of drug-likeness (QED) is 0.327. The molecule has 3 amide bonds. The number of nitrogens with zero attached hydrogens (tertiary/aromatic N) is 4. The van der Waals surface area contributed by atoms with Crippen LogP contribution in [0, 0.1) is 0 Å². The first-order valence-electron chi connectivity index (χ1n) is 11.2.